The molecule has 0 aliphatic heterocycles. The van der Waals surface area contributed by atoms with Crippen molar-refractivity contribution in [2.24, 2.45) is 0 Å². The fraction of sp³-hybridized carbons (Fsp3) is 0.286. The first-order chi connectivity index (χ1) is 8.87. The van der Waals surface area contributed by atoms with Crippen LogP contribution < -0.4 is 0 Å². The summed E-state index contributed by atoms with van der Waals surface area (Å²) in [7, 11) is 0. The minimum absolute atomic E-state index is 0.197. The van der Waals surface area contributed by atoms with Gasteiger partial charge in [-0.15, -0.1) is 5.10 Å². The van der Waals surface area contributed by atoms with Gasteiger partial charge in [0.25, 0.3) is 0 Å². The first-order valence-corrected chi connectivity index (χ1v) is 5.94. The Labute approximate surface area is 111 Å². The monoisotopic (exact) mass is 260 g/mol. The lowest BCUT2D eigenvalue weighted by Gasteiger charge is -2.18. The number of carbonyl (C=O) groups is 1. The minimum atomic E-state index is -0.620. The van der Waals surface area contributed by atoms with Crippen LogP contribution in [0.25, 0.3) is 11.1 Å². The third-order valence-corrected chi connectivity index (χ3v) is 2.36. The van der Waals surface area contributed by atoms with Gasteiger partial charge >= 0.3 is 6.09 Å². The average molecular weight is 260 g/mol. The molecule has 0 aliphatic rings. The Bertz CT molecular complexity index is 582. The van der Waals surface area contributed by atoms with Gasteiger partial charge in [-0.05, 0) is 26.3 Å². The molecule has 0 bridgehead atoms. The maximum atomic E-state index is 11.8. The normalized spacial score (nSPS) is 11.3. The molecule has 5 heteroatoms. The van der Waals surface area contributed by atoms with E-state index in [0.717, 1.165) is 10.2 Å². The van der Waals surface area contributed by atoms with Gasteiger partial charge in [-0.1, -0.05) is 30.3 Å². The number of nitrogens with zero attached hydrogens (tertiary/aromatic N) is 2. The average Bonchev–Trinajstić information content (AvgIpc) is 2.70. The van der Waals surface area contributed by atoms with Gasteiger partial charge in [0, 0.05) is 6.20 Å². The number of benzene rings is 1. The zero-order valence-electron chi connectivity index (χ0n) is 11.1. The summed E-state index contributed by atoms with van der Waals surface area (Å²) in [6.45, 7) is 5.31. The van der Waals surface area contributed by atoms with Gasteiger partial charge in [0.1, 0.15) is 5.60 Å². The molecular weight excluding hydrogens is 244 g/mol. The number of aromatic hydroxyl groups is 1. The van der Waals surface area contributed by atoms with E-state index in [9.17, 15) is 9.90 Å². The molecule has 1 heterocycles. The van der Waals surface area contributed by atoms with Crippen molar-refractivity contribution >= 4 is 6.09 Å². The highest BCUT2D eigenvalue weighted by molar-refractivity contribution is 5.75. The number of hydrogen-bond donors (Lipinski definition) is 1. The summed E-state index contributed by atoms with van der Waals surface area (Å²) in [4.78, 5) is 11.8. The minimum Gasteiger partial charge on any atom is -0.492 e. The summed E-state index contributed by atoms with van der Waals surface area (Å²) >= 11 is 0. The third-order valence-electron chi connectivity index (χ3n) is 2.36. The van der Waals surface area contributed by atoms with Gasteiger partial charge in [-0.2, -0.15) is 4.68 Å². The van der Waals surface area contributed by atoms with E-state index in [1.807, 2.05) is 30.3 Å². The van der Waals surface area contributed by atoms with Crippen molar-refractivity contribution in [3.8, 4) is 17.0 Å². The maximum absolute atomic E-state index is 11.8. The van der Waals surface area contributed by atoms with E-state index in [1.54, 1.807) is 20.8 Å². The lowest BCUT2D eigenvalue weighted by molar-refractivity contribution is 0.0512. The number of aromatic nitrogens is 2. The Kier molecular flexibility index (Phi) is 3.29. The summed E-state index contributed by atoms with van der Waals surface area (Å²) < 4.78 is 6.18. The van der Waals surface area contributed by atoms with Gasteiger partial charge in [0.05, 0.1) is 5.56 Å². The van der Waals surface area contributed by atoms with Gasteiger partial charge < -0.3 is 9.84 Å². The molecular formula is C14H16N2O3. The van der Waals surface area contributed by atoms with E-state index in [0.29, 0.717) is 5.56 Å². The SMILES string of the molecule is CC(C)(C)OC(=O)n1cc(-c2ccccc2)c(O)n1. The van der Waals surface area contributed by atoms with Crippen LogP contribution in [-0.2, 0) is 4.74 Å². The summed E-state index contributed by atoms with van der Waals surface area (Å²) in [6.07, 6.45) is 0.837. The summed E-state index contributed by atoms with van der Waals surface area (Å²) in [5, 5.41) is 13.6. The van der Waals surface area contributed by atoms with Gasteiger partial charge in [-0.25, -0.2) is 4.79 Å². The number of ether oxygens (including phenoxy) is 1. The van der Waals surface area contributed by atoms with Crippen molar-refractivity contribution < 1.29 is 14.6 Å². The van der Waals surface area contributed by atoms with Crippen LogP contribution in [0.2, 0.25) is 0 Å². The molecule has 0 saturated heterocycles. The van der Waals surface area contributed by atoms with Gasteiger partial charge in [0.15, 0.2) is 0 Å². The van der Waals surface area contributed by atoms with Crippen molar-refractivity contribution in [2.45, 2.75) is 26.4 Å². The van der Waals surface area contributed by atoms with Crippen LogP contribution >= 0.6 is 0 Å². The highest BCUT2D eigenvalue weighted by atomic mass is 16.6. The number of carbonyl (C=O) groups excluding carboxylic acids is 1. The fourth-order valence-corrected chi connectivity index (χ4v) is 1.59. The smallest absolute Gasteiger partial charge is 0.435 e. The summed E-state index contributed by atoms with van der Waals surface area (Å²) in [5.74, 6) is -0.197. The van der Waals surface area contributed by atoms with Crippen molar-refractivity contribution in [1.82, 2.24) is 9.78 Å². The predicted molar refractivity (Wildman–Crippen MR) is 71.0 cm³/mol. The van der Waals surface area contributed by atoms with Crippen molar-refractivity contribution in [1.29, 1.82) is 0 Å². The molecule has 1 N–H and O–H groups in total. The Hall–Kier alpha value is -2.30. The zero-order chi connectivity index (χ0) is 14.0. The molecule has 5 nitrogen and oxygen atoms in total. The standard InChI is InChI=1S/C14H16N2O3/c1-14(2,3)19-13(18)16-9-11(12(17)15-16)10-7-5-4-6-8-10/h4-9H,1-3H3,(H,15,17). The van der Waals surface area contributed by atoms with Crippen LogP contribution in [0.15, 0.2) is 36.5 Å². The lowest BCUT2D eigenvalue weighted by Crippen LogP contribution is -2.27. The number of hydrogen-bond acceptors (Lipinski definition) is 4. The van der Waals surface area contributed by atoms with Crippen LogP contribution in [0.1, 0.15) is 20.8 Å². The molecule has 0 amide bonds. The predicted octanol–water partition coefficient (Wildman–Crippen LogP) is 3.04. The molecule has 1 aromatic carbocycles. The van der Waals surface area contributed by atoms with Gasteiger partial charge in [0.2, 0.25) is 5.88 Å². The molecule has 0 saturated carbocycles. The lowest BCUT2D eigenvalue weighted by atomic mass is 10.1. The summed E-state index contributed by atoms with van der Waals surface area (Å²) in [6, 6.07) is 9.23. The highest BCUT2D eigenvalue weighted by Crippen LogP contribution is 2.27. The second-order valence-corrected chi connectivity index (χ2v) is 5.16. The van der Waals surface area contributed by atoms with E-state index in [1.165, 1.54) is 6.20 Å². The molecule has 19 heavy (non-hydrogen) atoms. The van der Waals surface area contributed by atoms with E-state index >= 15 is 0 Å². The first kappa shape index (κ1) is 13.1. The Morgan fingerprint density at radius 1 is 1.26 bits per heavy atom. The Morgan fingerprint density at radius 3 is 2.47 bits per heavy atom. The second kappa shape index (κ2) is 4.76. The Balaban J connectivity index is 2.29. The Morgan fingerprint density at radius 2 is 1.89 bits per heavy atom. The molecule has 0 atom stereocenters. The van der Waals surface area contributed by atoms with Crippen LogP contribution in [0.5, 0.6) is 5.88 Å². The molecule has 2 rings (SSSR count). The van der Waals surface area contributed by atoms with Crippen LogP contribution in [0, 0.1) is 0 Å². The van der Waals surface area contributed by atoms with Crippen molar-refractivity contribution in [3.05, 3.63) is 36.5 Å². The maximum Gasteiger partial charge on any atom is 0.435 e. The highest BCUT2D eigenvalue weighted by Gasteiger charge is 2.20. The van der Waals surface area contributed by atoms with Crippen LogP contribution in [-0.4, -0.2) is 26.6 Å². The van der Waals surface area contributed by atoms with Crippen molar-refractivity contribution in [3.63, 3.8) is 0 Å². The summed E-state index contributed by atoms with van der Waals surface area (Å²) in [5.41, 5.74) is 0.673. The largest absolute Gasteiger partial charge is 0.492 e. The fourth-order valence-electron chi connectivity index (χ4n) is 1.59. The quantitative estimate of drug-likeness (QED) is 0.856. The molecule has 2 aromatic rings. The van der Waals surface area contributed by atoms with Gasteiger partial charge in [-0.3, -0.25) is 0 Å². The molecule has 0 fully saturated rings. The molecule has 1 aromatic heterocycles. The van der Waals surface area contributed by atoms with E-state index in [2.05, 4.69) is 5.10 Å². The molecule has 0 radical (unpaired) electrons. The molecule has 100 valence electrons. The van der Waals surface area contributed by atoms with Crippen LogP contribution in [0.3, 0.4) is 0 Å². The number of rotatable bonds is 1. The first-order valence-electron chi connectivity index (χ1n) is 5.94. The molecule has 0 spiro atoms. The zero-order valence-corrected chi connectivity index (χ0v) is 11.1. The topological polar surface area (TPSA) is 64.3 Å². The van der Waals surface area contributed by atoms with Crippen molar-refractivity contribution in [2.75, 3.05) is 0 Å². The van der Waals surface area contributed by atoms with E-state index in [-0.39, 0.29) is 5.88 Å². The van der Waals surface area contributed by atoms with E-state index in [4.69, 9.17) is 4.74 Å². The molecule has 0 unspecified atom stereocenters. The van der Waals surface area contributed by atoms with E-state index < -0.39 is 11.7 Å². The van der Waals surface area contributed by atoms with Crippen LogP contribution in [0.4, 0.5) is 4.79 Å². The second-order valence-electron chi connectivity index (χ2n) is 5.16. The third kappa shape index (κ3) is 3.13. The molecule has 0 aliphatic carbocycles.